The number of aryl methyl sites for hydroxylation is 1. The number of para-hydroxylation sites is 2. The first-order chi connectivity index (χ1) is 24.2. The maximum Gasteiger partial charge on any atom is 0.516 e. The third kappa shape index (κ3) is 6.36. The fourth-order valence-corrected chi connectivity index (χ4v) is 9.41. The van der Waals surface area contributed by atoms with Gasteiger partial charge in [0.25, 0.3) is 5.91 Å². The van der Waals surface area contributed by atoms with Crippen molar-refractivity contribution in [2.45, 2.75) is 69.0 Å². The van der Waals surface area contributed by atoms with Crippen molar-refractivity contribution in [1.82, 2.24) is 19.4 Å². The van der Waals surface area contributed by atoms with Gasteiger partial charge in [-0.3, -0.25) is 9.52 Å². The van der Waals surface area contributed by atoms with E-state index in [2.05, 4.69) is 47.6 Å². The number of carbonyl (C=O) groups excluding carboxylic acids is 1. The van der Waals surface area contributed by atoms with E-state index in [0.717, 1.165) is 60.4 Å². The number of fused-ring (bicyclic) bond motifs is 2. The first-order valence-electron chi connectivity index (χ1n) is 17.0. The second-order valence-corrected chi connectivity index (χ2v) is 15.9. The highest BCUT2D eigenvalue weighted by Crippen LogP contribution is 2.53. The first kappa shape index (κ1) is 35.3. The van der Waals surface area contributed by atoms with Gasteiger partial charge in [-0.15, -0.1) is 0 Å². The Balaban J connectivity index is 1.06. The van der Waals surface area contributed by atoms with Crippen LogP contribution >= 0.6 is 11.6 Å². The first-order valence-corrected chi connectivity index (χ1v) is 18.9. The van der Waals surface area contributed by atoms with E-state index in [1.165, 1.54) is 22.6 Å². The molecule has 1 saturated carbocycles. The number of allylic oxidation sites excluding steroid dienone is 1. The number of benzene rings is 3. The molecule has 8 nitrogen and oxygen atoms in total. The average Bonchev–Trinajstić information content (AvgIpc) is 3.61. The number of hydrogen-bond donors (Lipinski definition) is 1. The summed E-state index contributed by atoms with van der Waals surface area (Å²) in [6.45, 7) is 5.64. The summed E-state index contributed by atoms with van der Waals surface area (Å²) in [6.07, 6.45) is 6.16. The van der Waals surface area contributed by atoms with Crippen LogP contribution in [0, 0.1) is 18.7 Å². The van der Waals surface area contributed by atoms with Crippen LogP contribution in [-0.4, -0.2) is 64.9 Å². The number of nitrogens with one attached hydrogen (secondary N) is 1. The van der Waals surface area contributed by atoms with E-state index >= 15 is 0 Å². The lowest BCUT2D eigenvalue weighted by Crippen LogP contribution is -2.53. The number of likely N-dealkylation sites (tertiary alicyclic amines) is 2. The number of piperidine rings is 1. The highest BCUT2D eigenvalue weighted by Gasteiger charge is 2.51. The van der Waals surface area contributed by atoms with Crippen molar-refractivity contribution in [3.8, 4) is 0 Å². The molecule has 270 valence electrons. The number of hydrogen-bond acceptors (Lipinski definition) is 5. The lowest BCUT2D eigenvalue weighted by Gasteiger charge is -2.51. The number of amides is 1. The molecule has 51 heavy (non-hydrogen) atoms. The van der Waals surface area contributed by atoms with Crippen molar-refractivity contribution in [2.24, 2.45) is 5.92 Å². The minimum absolute atomic E-state index is 0.0471. The van der Waals surface area contributed by atoms with Crippen molar-refractivity contribution < 1.29 is 30.8 Å². The van der Waals surface area contributed by atoms with E-state index in [0.29, 0.717) is 43.9 Å². The number of anilines is 1. The Kier molecular flexibility index (Phi) is 9.10. The van der Waals surface area contributed by atoms with Crippen LogP contribution in [-0.2, 0) is 15.4 Å². The van der Waals surface area contributed by atoms with Gasteiger partial charge in [-0.2, -0.15) is 21.6 Å². The number of carbonyl (C=O) groups is 1. The number of halogens is 5. The van der Waals surface area contributed by atoms with Gasteiger partial charge in [0.05, 0.1) is 27.3 Å². The molecule has 1 amide bonds. The largest absolute Gasteiger partial charge is 0.516 e. The quantitative estimate of drug-likeness (QED) is 0.184. The molecule has 4 aromatic rings. The van der Waals surface area contributed by atoms with E-state index in [4.69, 9.17) is 16.6 Å². The summed E-state index contributed by atoms with van der Waals surface area (Å²) in [5.74, 6) is 0.744. The highest BCUT2D eigenvalue weighted by atomic mass is 35.5. The Morgan fingerprint density at radius 2 is 1.80 bits per heavy atom. The second kappa shape index (κ2) is 13.1. The summed E-state index contributed by atoms with van der Waals surface area (Å²) < 4.78 is 80.1. The SMILES string of the molecule is C/C=C1\C2CC(n3c(C)nc4ccccc43)CC2N1CCC1(c2cccc(F)c2)CCN(C(=O)c2ccc(NS(=O)(=O)C(F)(F)F)cc2Cl)CC1. The molecular formula is C37H38ClF4N5O3S. The molecular weight excluding hydrogens is 706 g/mol. The van der Waals surface area contributed by atoms with Crippen molar-refractivity contribution in [3.63, 3.8) is 0 Å². The monoisotopic (exact) mass is 743 g/mol. The summed E-state index contributed by atoms with van der Waals surface area (Å²) in [4.78, 5) is 22.5. The zero-order chi connectivity index (χ0) is 36.3. The molecule has 0 spiro atoms. The average molecular weight is 744 g/mol. The van der Waals surface area contributed by atoms with Gasteiger partial charge in [0.1, 0.15) is 11.6 Å². The normalized spacial score (nSPS) is 22.6. The predicted octanol–water partition coefficient (Wildman–Crippen LogP) is 8.20. The van der Waals surface area contributed by atoms with Crippen LogP contribution in [0.5, 0.6) is 0 Å². The van der Waals surface area contributed by atoms with Gasteiger partial charge in [0.2, 0.25) is 0 Å². The lowest BCUT2D eigenvalue weighted by atomic mass is 9.69. The van der Waals surface area contributed by atoms with E-state index in [1.54, 1.807) is 17.0 Å². The number of rotatable bonds is 8. The Bertz CT molecular complexity index is 2130. The number of alkyl halides is 3. The molecule has 0 bridgehead atoms. The van der Waals surface area contributed by atoms with Gasteiger partial charge in [0.15, 0.2) is 0 Å². The second-order valence-electron chi connectivity index (χ2n) is 13.8. The van der Waals surface area contributed by atoms with Crippen LogP contribution in [0.2, 0.25) is 5.02 Å². The maximum absolute atomic E-state index is 14.6. The van der Waals surface area contributed by atoms with Crippen molar-refractivity contribution >= 4 is 44.3 Å². The van der Waals surface area contributed by atoms with E-state index in [9.17, 15) is 30.8 Å². The zero-order valence-electron chi connectivity index (χ0n) is 28.1. The maximum atomic E-state index is 14.6. The zero-order valence-corrected chi connectivity index (χ0v) is 29.7. The molecule has 3 aliphatic rings. The lowest BCUT2D eigenvalue weighted by molar-refractivity contribution is -0.0429. The van der Waals surface area contributed by atoms with Crippen LogP contribution in [0.25, 0.3) is 11.0 Å². The molecule has 3 unspecified atom stereocenters. The van der Waals surface area contributed by atoms with Crippen LogP contribution in [0.15, 0.2) is 78.5 Å². The molecule has 0 radical (unpaired) electrons. The fourth-order valence-electron chi connectivity index (χ4n) is 8.59. The molecule has 3 fully saturated rings. The molecule has 3 aromatic carbocycles. The molecule has 7 rings (SSSR count). The number of sulfonamides is 1. The molecule has 1 N–H and O–H groups in total. The third-order valence-electron chi connectivity index (χ3n) is 11.1. The minimum atomic E-state index is -5.65. The topological polar surface area (TPSA) is 87.5 Å². The summed E-state index contributed by atoms with van der Waals surface area (Å²) in [6, 6.07) is 18.9. The number of aromatic nitrogens is 2. The van der Waals surface area contributed by atoms with Gasteiger partial charge in [-0.05, 0) is 94.0 Å². The number of nitrogens with zero attached hydrogens (tertiary/aromatic N) is 4. The molecule has 1 aromatic heterocycles. The summed E-state index contributed by atoms with van der Waals surface area (Å²) >= 11 is 6.29. The molecule has 1 aliphatic carbocycles. The Hall–Kier alpha value is -4.10. The van der Waals surface area contributed by atoms with Gasteiger partial charge < -0.3 is 14.4 Å². The van der Waals surface area contributed by atoms with Crippen molar-refractivity contribution in [1.29, 1.82) is 0 Å². The molecule has 2 aliphatic heterocycles. The summed E-state index contributed by atoms with van der Waals surface area (Å²) in [5, 5.41) is -0.177. The van der Waals surface area contributed by atoms with Crippen LogP contribution in [0.4, 0.5) is 23.2 Å². The van der Waals surface area contributed by atoms with Crippen molar-refractivity contribution in [3.05, 3.63) is 106 Å². The van der Waals surface area contributed by atoms with Gasteiger partial charge >= 0.3 is 15.5 Å². The molecule has 3 heterocycles. The smallest absolute Gasteiger partial charge is 0.371 e. The van der Waals surface area contributed by atoms with Crippen LogP contribution in [0.1, 0.15) is 66.8 Å². The van der Waals surface area contributed by atoms with Crippen LogP contribution in [0.3, 0.4) is 0 Å². The third-order valence-corrected chi connectivity index (χ3v) is 12.5. The molecule has 2 saturated heterocycles. The van der Waals surface area contributed by atoms with Crippen LogP contribution < -0.4 is 4.72 Å². The Labute approximate surface area is 299 Å². The van der Waals surface area contributed by atoms with Gasteiger partial charge in [-0.25, -0.2) is 9.37 Å². The van der Waals surface area contributed by atoms with E-state index < -0.39 is 32.5 Å². The molecule has 14 heteroatoms. The fraction of sp³-hybridized carbons (Fsp3) is 0.405. The van der Waals surface area contributed by atoms with E-state index in [-0.39, 0.29) is 16.4 Å². The van der Waals surface area contributed by atoms with Gasteiger partial charge in [0, 0.05) is 48.7 Å². The molecule has 3 atom stereocenters. The van der Waals surface area contributed by atoms with Crippen molar-refractivity contribution in [2.75, 3.05) is 24.4 Å². The number of imidazole rings is 1. The van der Waals surface area contributed by atoms with Gasteiger partial charge in [-0.1, -0.05) is 41.9 Å². The Morgan fingerprint density at radius 3 is 2.49 bits per heavy atom. The highest BCUT2D eigenvalue weighted by molar-refractivity contribution is 7.93. The predicted molar refractivity (Wildman–Crippen MR) is 188 cm³/mol. The minimum Gasteiger partial charge on any atom is -0.371 e. The van der Waals surface area contributed by atoms with E-state index in [1.807, 2.05) is 12.1 Å². The summed E-state index contributed by atoms with van der Waals surface area (Å²) in [7, 11) is -5.65. The Morgan fingerprint density at radius 1 is 1.06 bits per heavy atom. The summed E-state index contributed by atoms with van der Waals surface area (Å²) in [5.41, 5.74) is -1.88. The standard InChI is InChI=1S/C37H38ClF4N5O3S/c1-3-32-29-21-27(47-23(2)43-31-9-4-5-10-33(31)47)22-34(29)46(32)18-15-36(24-7-6-8-25(39)19-24)13-16-45(17-14-36)35(48)28-12-11-26(20-30(28)38)44-51(49,50)37(40,41)42/h3-12,19-20,27,29,34,44H,13-18,21-22H2,1-2H3/b32-3+.